The van der Waals surface area contributed by atoms with E-state index in [1.165, 1.54) is 6.07 Å². The second-order valence-electron chi connectivity index (χ2n) is 5.94. The first-order valence-corrected chi connectivity index (χ1v) is 9.13. The summed E-state index contributed by atoms with van der Waals surface area (Å²) in [6, 6.07) is 6.34. The molecule has 0 saturated carbocycles. The molecule has 6 nitrogen and oxygen atoms in total. The molecular formula is C17H18N2O4S. The highest BCUT2D eigenvalue weighted by Gasteiger charge is 2.28. The summed E-state index contributed by atoms with van der Waals surface area (Å²) < 4.78 is 28.1. The summed E-state index contributed by atoms with van der Waals surface area (Å²) in [5.74, 6) is -1.48. The Morgan fingerprint density at radius 2 is 2.12 bits per heavy atom. The van der Waals surface area contributed by atoms with E-state index in [-0.39, 0.29) is 11.3 Å². The van der Waals surface area contributed by atoms with E-state index >= 15 is 0 Å². The zero-order valence-electron chi connectivity index (χ0n) is 13.1. The molecule has 3 rings (SSSR count). The highest BCUT2D eigenvalue weighted by molar-refractivity contribution is 7.89. The zero-order chi connectivity index (χ0) is 17.3. The molecule has 2 atom stereocenters. The molecule has 0 saturated heterocycles. The first kappa shape index (κ1) is 16.6. The number of fused-ring (bicyclic) bond motifs is 1. The fourth-order valence-electron chi connectivity index (χ4n) is 2.95. The summed E-state index contributed by atoms with van der Waals surface area (Å²) in [5, 5.41) is 9.90. The Bertz CT molecular complexity index is 921. The van der Waals surface area contributed by atoms with E-state index in [2.05, 4.69) is 9.71 Å². The summed E-state index contributed by atoms with van der Waals surface area (Å²) in [6.45, 7) is 1.90. The quantitative estimate of drug-likeness (QED) is 0.828. The second-order valence-corrected chi connectivity index (χ2v) is 7.63. The van der Waals surface area contributed by atoms with Crippen LogP contribution in [0.1, 0.15) is 18.4 Å². The number of hydrogen-bond acceptors (Lipinski definition) is 4. The molecule has 7 heteroatoms. The van der Waals surface area contributed by atoms with Crippen LogP contribution < -0.4 is 4.72 Å². The van der Waals surface area contributed by atoms with E-state index < -0.39 is 28.0 Å². The van der Waals surface area contributed by atoms with Gasteiger partial charge in [-0.25, -0.2) is 13.1 Å². The summed E-state index contributed by atoms with van der Waals surface area (Å²) in [7, 11) is -3.81. The lowest BCUT2D eigenvalue weighted by Gasteiger charge is -2.23. The summed E-state index contributed by atoms with van der Waals surface area (Å²) in [4.78, 5) is 15.4. The number of hydrogen-bond donors (Lipinski definition) is 2. The fourth-order valence-corrected chi connectivity index (χ4v) is 4.31. The van der Waals surface area contributed by atoms with Crippen molar-refractivity contribution in [3.63, 3.8) is 0 Å². The Kier molecular flexibility index (Phi) is 4.38. The third-order valence-corrected chi connectivity index (χ3v) is 5.74. The van der Waals surface area contributed by atoms with Crippen LogP contribution in [0.2, 0.25) is 0 Å². The van der Waals surface area contributed by atoms with Crippen LogP contribution in [-0.4, -0.2) is 30.5 Å². The van der Waals surface area contributed by atoms with Gasteiger partial charge < -0.3 is 5.11 Å². The van der Waals surface area contributed by atoms with Crippen molar-refractivity contribution >= 4 is 26.9 Å². The molecule has 1 heterocycles. The normalized spacial score (nSPS) is 21.0. The van der Waals surface area contributed by atoms with Crippen LogP contribution in [0.25, 0.3) is 10.9 Å². The van der Waals surface area contributed by atoms with Gasteiger partial charge >= 0.3 is 5.97 Å². The van der Waals surface area contributed by atoms with Gasteiger partial charge in [-0.1, -0.05) is 24.3 Å². The van der Waals surface area contributed by atoms with Gasteiger partial charge in [0.2, 0.25) is 10.0 Å². The Balaban J connectivity index is 1.95. The van der Waals surface area contributed by atoms with Crippen molar-refractivity contribution in [2.24, 2.45) is 5.92 Å². The van der Waals surface area contributed by atoms with E-state index in [0.29, 0.717) is 11.9 Å². The average Bonchev–Trinajstić information content (AvgIpc) is 2.55. The molecule has 2 N–H and O–H groups in total. The predicted octanol–water partition coefficient (Wildman–Crippen LogP) is 2.24. The zero-order valence-corrected chi connectivity index (χ0v) is 14.0. The maximum atomic E-state index is 12.8. The highest BCUT2D eigenvalue weighted by atomic mass is 32.2. The molecular weight excluding hydrogens is 328 g/mol. The molecule has 1 aromatic carbocycles. The second kappa shape index (κ2) is 6.33. The fraction of sp³-hybridized carbons (Fsp3) is 0.294. The van der Waals surface area contributed by atoms with Gasteiger partial charge in [-0.05, 0) is 37.5 Å². The third kappa shape index (κ3) is 3.18. The minimum Gasteiger partial charge on any atom is -0.481 e. The molecule has 2 aromatic rings. The van der Waals surface area contributed by atoms with Crippen molar-refractivity contribution in [3.05, 3.63) is 48.2 Å². The third-order valence-electron chi connectivity index (χ3n) is 4.22. The molecule has 1 aliphatic carbocycles. The SMILES string of the molecule is Cc1ccc(S(=O)(=O)N[C@H]2C=CC[C@H](C(=O)O)C2)c2ncccc12. The molecule has 0 unspecified atom stereocenters. The van der Waals surface area contributed by atoms with Gasteiger partial charge in [0.05, 0.1) is 11.4 Å². The molecule has 0 bridgehead atoms. The Hall–Kier alpha value is -2.25. The van der Waals surface area contributed by atoms with Crippen LogP contribution in [0.3, 0.4) is 0 Å². The predicted molar refractivity (Wildman–Crippen MR) is 90.1 cm³/mol. The maximum Gasteiger partial charge on any atom is 0.306 e. The number of benzene rings is 1. The van der Waals surface area contributed by atoms with Crippen molar-refractivity contribution < 1.29 is 18.3 Å². The lowest BCUT2D eigenvalue weighted by molar-refractivity contribution is -0.142. The number of nitrogens with zero attached hydrogens (tertiary/aromatic N) is 1. The van der Waals surface area contributed by atoms with Gasteiger partial charge in [0.15, 0.2) is 0 Å². The maximum absolute atomic E-state index is 12.8. The molecule has 0 amide bonds. The first-order valence-electron chi connectivity index (χ1n) is 7.64. The summed E-state index contributed by atoms with van der Waals surface area (Å²) in [6.07, 6.45) is 5.63. The average molecular weight is 346 g/mol. The topological polar surface area (TPSA) is 96.4 Å². The first-order chi connectivity index (χ1) is 11.4. The van der Waals surface area contributed by atoms with Crippen molar-refractivity contribution in [1.82, 2.24) is 9.71 Å². The van der Waals surface area contributed by atoms with Gasteiger partial charge in [0.25, 0.3) is 0 Å². The highest BCUT2D eigenvalue weighted by Crippen LogP contribution is 2.25. The number of aromatic nitrogens is 1. The minimum atomic E-state index is -3.81. The van der Waals surface area contributed by atoms with E-state index in [9.17, 15) is 13.2 Å². The summed E-state index contributed by atoms with van der Waals surface area (Å²) >= 11 is 0. The lowest BCUT2D eigenvalue weighted by Crippen LogP contribution is -2.37. The van der Waals surface area contributed by atoms with Crippen molar-refractivity contribution in [3.8, 4) is 0 Å². The molecule has 1 aliphatic rings. The number of carboxylic acids is 1. The van der Waals surface area contributed by atoms with Crippen LogP contribution in [0.15, 0.2) is 47.5 Å². The standard InChI is InChI=1S/C17H18N2O4S/c1-11-7-8-15(16-14(11)6-3-9-18-16)24(22,23)19-13-5-2-4-12(10-13)17(20)21/h2-3,5-9,12-13,19H,4,10H2,1H3,(H,20,21)/t12-,13-/m0/s1. The number of rotatable bonds is 4. The molecule has 0 spiro atoms. The number of allylic oxidation sites excluding steroid dienone is 1. The van der Waals surface area contributed by atoms with Crippen molar-refractivity contribution in [2.75, 3.05) is 0 Å². The number of carbonyl (C=O) groups is 1. The van der Waals surface area contributed by atoms with Crippen LogP contribution >= 0.6 is 0 Å². The number of aliphatic carboxylic acids is 1. The molecule has 24 heavy (non-hydrogen) atoms. The number of carboxylic acid groups (broad SMARTS) is 1. The van der Waals surface area contributed by atoms with Crippen molar-refractivity contribution in [1.29, 1.82) is 0 Å². The summed E-state index contributed by atoms with van der Waals surface area (Å²) in [5.41, 5.74) is 1.36. The Labute approximate surface area is 140 Å². The number of nitrogens with one attached hydrogen (secondary N) is 1. The van der Waals surface area contributed by atoms with Gasteiger partial charge in [0, 0.05) is 17.6 Å². The van der Waals surface area contributed by atoms with E-state index in [4.69, 9.17) is 5.11 Å². The van der Waals surface area contributed by atoms with E-state index in [1.807, 2.05) is 13.0 Å². The smallest absolute Gasteiger partial charge is 0.306 e. The van der Waals surface area contributed by atoms with Crippen LogP contribution in [0, 0.1) is 12.8 Å². The van der Waals surface area contributed by atoms with Gasteiger partial charge in [-0.2, -0.15) is 0 Å². The lowest BCUT2D eigenvalue weighted by atomic mass is 9.92. The Morgan fingerprint density at radius 1 is 1.33 bits per heavy atom. The molecule has 0 fully saturated rings. The van der Waals surface area contributed by atoms with Gasteiger partial charge in [0.1, 0.15) is 4.90 Å². The van der Waals surface area contributed by atoms with Crippen LogP contribution in [-0.2, 0) is 14.8 Å². The largest absolute Gasteiger partial charge is 0.481 e. The Morgan fingerprint density at radius 3 is 2.88 bits per heavy atom. The van der Waals surface area contributed by atoms with E-state index in [1.54, 1.807) is 30.5 Å². The van der Waals surface area contributed by atoms with E-state index in [0.717, 1.165) is 10.9 Å². The number of pyridine rings is 1. The molecule has 0 aliphatic heterocycles. The number of sulfonamides is 1. The van der Waals surface area contributed by atoms with Crippen LogP contribution in [0.4, 0.5) is 0 Å². The van der Waals surface area contributed by atoms with Gasteiger partial charge in [-0.15, -0.1) is 0 Å². The number of aryl methyl sites for hydroxylation is 1. The monoisotopic (exact) mass is 346 g/mol. The molecule has 1 aromatic heterocycles. The molecule has 126 valence electrons. The minimum absolute atomic E-state index is 0.106. The van der Waals surface area contributed by atoms with Crippen molar-refractivity contribution in [2.45, 2.75) is 30.7 Å². The van der Waals surface area contributed by atoms with Gasteiger partial charge in [-0.3, -0.25) is 9.78 Å². The van der Waals surface area contributed by atoms with Crippen LogP contribution in [0.5, 0.6) is 0 Å². The molecule has 0 radical (unpaired) electrons.